The van der Waals surface area contributed by atoms with Gasteiger partial charge < -0.3 is 5.32 Å². The van der Waals surface area contributed by atoms with Crippen molar-refractivity contribution in [2.45, 2.75) is 19.2 Å². The summed E-state index contributed by atoms with van der Waals surface area (Å²) in [5.74, 6) is 0.529. The van der Waals surface area contributed by atoms with Crippen LogP contribution in [-0.4, -0.2) is 23.0 Å². The van der Waals surface area contributed by atoms with Crippen molar-refractivity contribution < 1.29 is 8.42 Å². The molecule has 144 valence electrons. The minimum absolute atomic E-state index is 0.178. The molecule has 2 aromatic carbocycles. The van der Waals surface area contributed by atoms with Gasteiger partial charge in [0.15, 0.2) is 5.65 Å². The van der Waals surface area contributed by atoms with Crippen LogP contribution in [0.5, 0.6) is 0 Å². The number of primary sulfonamides is 1. The first-order valence-electron chi connectivity index (χ1n) is 8.57. The van der Waals surface area contributed by atoms with E-state index in [2.05, 4.69) is 15.4 Å². The van der Waals surface area contributed by atoms with Gasteiger partial charge in [-0.3, -0.25) is 0 Å². The van der Waals surface area contributed by atoms with Crippen LogP contribution in [0, 0.1) is 6.92 Å². The van der Waals surface area contributed by atoms with Crippen molar-refractivity contribution in [3.63, 3.8) is 0 Å². The molecule has 0 radical (unpaired) electrons. The number of anilines is 1. The lowest BCUT2D eigenvalue weighted by Crippen LogP contribution is -2.14. The van der Waals surface area contributed by atoms with Gasteiger partial charge in [0.05, 0.1) is 17.0 Å². The molecule has 2 heterocycles. The predicted octanol–water partition coefficient (Wildman–Crippen LogP) is 3.24. The van der Waals surface area contributed by atoms with Crippen LogP contribution >= 0.6 is 11.6 Å². The Labute approximate surface area is 167 Å². The van der Waals surface area contributed by atoms with Gasteiger partial charge in [-0.1, -0.05) is 48.0 Å². The average molecular weight is 416 g/mol. The summed E-state index contributed by atoms with van der Waals surface area (Å²) < 4.78 is 24.1. The SMILES string of the molecule is Cc1nn2c(nc(NCc3ccc(CS(N)(=O)=O)cc3)c3ccccc32)c1Cl. The number of fused-ring (bicyclic) bond motifs is 3. The average Bonchev–Trinajstić information content (AvgIpc) is 2.94. The van der Waals surface area contributed by atoms with Crippen molar-refractivity contribution in [2.24, 2.45) is 5.14 Å². The van der Waals surface area contributed by atoms with E-state index in [-0.39, 0.29) is 5.75 Å². The van der Waals surface area contributed by atoms with Gasteiger partial charge in [0.25, 0.3) is 0 Å². The number of rotatable bonds is 5. The first kappa shape index (κ1) is 18.7. The summed E-state index contributed by atoms with van der Waals surface area (Å²) in [6.45, 7) is 2.37. The fourth-order valence-corrected chi connectivity index (χ4v) is 3.91. The van der Waals surface area contributed by atoms with Crippen molar-refractivity contribution in [2.75, 3.05) is 5.32 Å². The Morgan fingerprint density at radius 2 is 1.79 bits per heavy atom. The van der Waals surface area contributed by atoms with E-state index >= 15 is 0 Å². The van der Waals surface area contributed by atoms with Crippen molar-refractivity contribution >= 4 is 44.0 Å². The monoisotopic (exact) mass is 415 g/mol. The third-order valence-electron chi connectivity index (χ3n) is 4.42. The number of hydrogen-bond donors (Lipinski definition) is 2. The van der Waals surface area contributed by atoms with Crippen LogP contribution in [0.4, 0.5) is 5.82 Å². The number of nitrogens with two attached hydrogens (primary N) is 1. The van der Waals surface area contributed by atoms with E-state index in [1.807, 2.05) is 43.3 Å². The van der Waals surface area contributed by atoms with Gasteiger partial charge in [-0.25, -0.2) is 23.1 Å². The first-order valence-corrected chi connectivity index (χ1v) is 10.7. The van der Waals surface area contributed by atoms with E-state index in [9.17, 15) is 8.42 Å². The van der Waals surface area contributed by atoms with Gasteiger partial charge >= 0.3 is 0 Å². The Morgan fingerprint density at radius 1 is 1.11 bits per heavy atom. The van der Waals surface area contributed by atoms with E-state index in [0.29, 0.717) is 28.6 Å². The molecule has 7 nitrogen and oxygen atoms in total. The molecule has 0 amide bonds. The molecule has 0 aliphatic heterocycles. The quantitative estimate of drug-likeness (QED) is 0.521. The standard InChI is InChI=1S/C19H18ClN5O2S/c1-12-17(20)19-23-18(15-4-2-3-5-16(15)25(19)24-12)22-10-13-6-8-14(9-7-13)11-28(21,26)27/h2-9H,10-11H2,1H3,(H,22,23)(H2,21,26,27). The molecule has 2 aromatic heterocycles. The summed E-state index contributed by atoms with van der Waals surface area (Å²) in [6.07, 6.45) is 0. The summed E-state index contributed by atoms with van der Waals surface area (Å²) >= 11 is 6.37. The second-order valence-corrected chi connectivity index (χ2v) is 8.58. The predicted molar refractivity (Wildman–Crippen MR) is 111 cm³/mol. The van der Waals surface area contributed by atoms with E-state index < -0.39 is 10.0 Å². The lowest BCUT2D eigenvalue weighted by molar-refractivity contribution is 0.597. The van der Waals surface area contributed by atoms with Gasteiger partial charge in [-0.05, 0) is 30.2 Å². The van der Waals surface area contributed by atoms with Crippen LogP contribution in [0.3, 0.4) is 0 Å². The summed E-state index contributed by atoms with van der Waals surface area (Å²) in [6, 6.07) is 15.1. The van der Waals surface area contributed by atoms with Gasteiger partial charge in [-0.2, -0.15) is 5.10 Å². The van der Waals surface area contributed by atoms with Gasteiger partial charge in [0.2, 0.25) is 10.0 Å². The minimum atomic E-state index is -3.54. The van der Waals surface area contributed by atoms with Crippen LogP contribution in [0.1, 0.15) is 16.8 Å². The van der Waals surface area contributed by atoms with E-state index in [4.69, 9.17) is 16.7 Å². The fourth-order valence-electron chi connectivity index (χ4n) is 3.09. The molecule has 0 saturated heterocycles. The summed E-state index contributed by atoms with van der Waals surface area (Å²) in [7, 11) is -3.54. The highest BCUT2D eigenvalue weighted by molar-refractivity contribution is 7.88. The number of para-hydroxylation sites is 1. The van der Waals surface area contributed by atoms with Crippen LogP contribution in [-0.2, 0) is 22.3 Å². The molecule has 0 aliphatic rings. The molecular weight excluding hydrogens is 398 g/mol. The molecule has 0 unspecified atom stereocenters. The molecule has 3 N–H and O–H groups in total. The number of benzene rings is 2. The van der Waals surface area contributed by atoms with Gasteiger partial charge in [0, 0.05) is 11.9 Å². The second kappa shape index (κ2) is 7.05. The number of nitrogens with zero attached hydrogens (tertiary/aromatic N) is 3. The third kappa shape index (κ3) is 3.66. The summed E-state index contributed by atoms with van der Waals surface area (Å²) in [4.78, 5) is 4.67. The molecular formula is C19H18ClN5O2S. The maximum Gasteiger partial charge on any atom is 0.213 e. The highest BCUT2D eigenvalue weighted by Crippen LogP contribution is 2.28. The van der Waals surface area contributed by atoms with Crippen molar-refractivity contribution in [3.05, 3.63) is 70.4 Å². The second-order valence-electron chi connectivity index (χ2n) is 6.59. The fraction of sp³-hybridized carbons (Fsp3) is 0.158. The molecule has 9 heteroatoms. The zero-order chi connectivity index (χ0) is 19.9. The van der Waals surface area contributed by atoms with Crippen LogP contribution < -0.4 is 10.5 Å². The van der Waals surface area contributed by atoms with Crippen LogP contribution in [0.25, 0.3) is 16.6 Å². The Hall–Kier alpha value is -2.68. The molecule has 0 aliphatic carbocycles. The lowest BCUT2D eigenvalue weighted by atomic mass is 10.1. The highest BCUT2D eigenvalue weighted by Gasteiger charge is 2.14. The summed E-state index contributed by atoms with van der Waals surface area (Å²) in [5.41, 5.74) is 3.87. The third-order valence-corrected chi connectivity index (χ3v) is 5.60. The number of aryl methyl sites for hydroxylation is 1. The Bertz CT molecular complexity index is 1280. The Balaban J connectivity index is 1.65. The van der Waals surface area contributed by atoms with Crippen LogP contribution in [0.15, 0.2) is 48.5 Å². The maximum atomic E-state index is 11.2. The maximum absolute atomic E-state index is 11.2. The molecule has 0 spiro atoms. The van der Waals surface area contributed by atoms with Crippen LogP contribution in [0.2, 0.25) is 5.02 Å². The van der Waals surface area contributed by atoms with E-state index in [1.165, 1.54) is 0 Å². The zero-order valence-electron chi connectivity index (χ0n) is 15.1. The number of aromatic nitrogens is 3. The number of halogens is 1. The molecule has 4 aromatic rings. The summed E-state index contributed by atoms with van der Waals surface area (Å²) in [5, 5.41) is 14.4. The normalized spacial score (nSPS) is 12.0. The molecule has 0 bridgehead atoms. The molecule has 4 rings (SSSR count). The van der Waals surface area contributed by atoms with E-state index in [0.717, 1.165) is 22.2 Å². The van der Waals surface area contributed by atoms with Crippen molar-refractivity contribution in [1.82, 2.24) is 14.6 Å². The molecule has 28 heavy (non-hydrogen) atoms. The molecule has 0 saturated carbocycles. The first-order chi connectivity index (χ1) is 13.3. The smallest absolute Gasteiger partial charge is 0.213 e. The van der Waals surface area contributed by atoms with Gasteiger partial charge in [0.1, 0.15) is 10.8 Å². The van der Waals surface area contributed by atoms with Crippen molar-refractivity contribution in [3.8, 4) is 0 Å². The molecule has 0 atom stereocenters. The number of nitrogens with one attached hydrogen (secondary N) is 1. The highest BCUT2D eigenvalue weighted by atomic mass is 35.5. The molecule has 0 fully saturated rings. The minimum Gasteiger partial charge on any atom is -0.365 e. The lowest BCUT2D eigenvalue weighted by Gasteiger charge is -2.11. The zero-order valence-corrected chi connectivity index (χ0v) is 16.6. The Morgan fingerprint density at radius 3 is 2.50 bits per heavy atom. The topological polar surface area (TPSA) is 102 Å². The van der Waals surface area contributed by atoms with Crippen molar-refractivity contribution in [1.29, 1.82) is 0 Å². The van der Waals surface area contributed by atoms with E-state index in [1.54, 1.807) is 16.6 Å². The Kier molecular flexibility index (Phi) is 4.70. The van der Waals surface area contributed by atoms with Gasteiger partial charge in [-0.15, -0.1) is 0 Å². The number of sulfonamides is 1. The largest absolute Gasteiger partial charge is 0.365 e. The number of hydrogen-bond acceptors (Lipinski definition) is 5.